The summed E-state index contributed by atoms with van der Waals surface area (Å²) >= 11 is 0. The Kier molecular flexibility index (Phi) is 8.20. The molecule has 0 aliphatic heterocycles. The van der Waals surface area contributed by atoms with Gasteiger partial charge in [0, 0.05) is 12.6 Å². The van der Waals surface area contributed by atoms with E-state index in [0.717, 1.165) is 19.6 Å². The highest BCUT2D eigenvalue weighted by molar-refractivity contribution is 4.71. The summed E-state index contributed by atoms with van der Waals surface area (Å²) in [7, 11) is 0. The number of ether oxygens (including phenoxy) is 1. The minimum absolute atomic E-state index is 0.362. The Morgan fingerprint density at radius 1 is 1.14 bits per heavy atom. The molecular weight excluding hydrogens is 174 g/mol. The van der Waals surface area contributed by atoms with Gasteiger partial charge in [0.15, 0.2) is 0 Å². The van der Waals surface area contributed by atoms with Crippen LogP contribution in [-0.4, -0.2) is 25.3 Å². The third-order valence-corrected chi connectivity index (χ3v) is 2.62. The van der Waals surface area contributed by atoms with Gasteiger partial charge in [-0.3, -0.25) is 0 Å². The molecule has 2 nitrogen and oxygen atoms in total. The highest BCUT2D eigenvalue weighted by Crippen LogP contribution is 2.11. The molecule has 0 fully saturated rings. The lowest BCUT2D eigenvalue weighted by Crippen LogP contribution is -2.34. The first-order valence-corrected chi connectivity index (χ1v) is 5.96. The standard InChI is InChI=1S/C12H27NO/c1-6-12(13-7-2)11(5)8-9-14-10(3)4/h10-13H,6-9H2,1-5H3. The average molecular weight is 201 g/mol. The molecular formula is C12H27NO. The van der Waals surface area contributed by atoms with Crippen LogP contribution in [0, 0.1) is 5.92 Å². The van der Waals surface area contributed by atoms with Crippen LogP contribution in [0.25, 0.3) is 0 Å². The van der Waals surface area contributed by atoms with E-state index in [9.17, 15) is 0 Å². The molecule has 2 unspecified atom stereocenters. The lowest BCUT2D eigenvalue weighted by atomic mass is 9.96. The maximum absolute atomic E-state index is 5.56. The van der Waals surface area contributed by atoms with Gasteiger partial charge in [-0.05, 0) is 39.2 Å². The fraction of sp³-hybridized carbons (Fsp3) is 1.00. The second-order valence-corrected chi connectivity index (χ2v) is 4.26. The van der Waals surface area contributed by atoms with Crippen LogP contribution in [-0.2, 0) is 4.74 Å². The molecule has 1 N–H and O–H groups in total. The molecule has 0 rings (SSSR count). The van der Waals surface area contributed by atoms with Crippen LogP contribution in [0.2, 0.25) is 0 Å². The second-order valence-electron chi connectivity index (χ2n) is 4.26. The molecule has 86 valence electrons. The molecule has 0 spiro atoms. The number of nitrogens with one attached hydrogen (secondary N) is 1. The lowest BCUT2D eigenvalue weighted by molar-refractivity contribution is 0.0662. The largest absolute Gasteiger partial charge is 0.379 e. The molecule has 0 amide bonds. The Morgan fingerprint density at radius 3 is 2.21 bits per heavy atom. The molecule has 2 heteroatoms. The predicted octanol–water partition coefficient (Wildman–Crippen LogP) is 2.83. The quantitative estimate of drug-likeness (QED) is 0.652. The van der Waals surface area contributed by atoms with Gasteiger partial charge >= 0.3 is 0 Å². The monoisotopic (exact) mass is 201 g/mol. The second kappa shape index (κ2) is 8.25. The van der Waals surface area contributed by atoms with Gasteiger partial charge in [0.25, 0.3) is 0 Å². The third kappa shape index (κ3) is 6.39. The highest BCUT2D eigenvalue weighted by Gasteiger charge is 2.13. The van der Waals surface area contributed by atoms with Gasteiger partial charge in [0.1, 0.15) is 0 Å². The van der Waals surface area contributed by atoms with Crippen molar-refractivity contribution in [2.75, 3.05) is 13.2 Å². The fourth-order valence-corrected chi connectivity index (χ4v) is 1.70. The van der Waals surface area contributed by atoms with E-state index < -0.39 is 0 Å². The van der Waals surface area contributed by atoms with Crippen molar-refractivity contribution in [3.05, 3.63) is 0 Å². The van der Waals surface area contributed by atoms with E-state index in [-0.39, 0.29) is 0 Å². The first-order chi connectivity index (χ1) is 6.61. The van der Waals surface area contributed by atoms with Crippen LogP contribution in [0.1, 0.15) is 47.5 Å². The Balaban J connectivity index is 3.63. The third-order valence-electron chi connectivity index (χ3n) is 2.62. The molecule has 0 heterocycles. The summed E-state index contributed by atoms with van der Waals surface area (Å²) in [4.78, 5) is 0. The van der Waals surface area contributed by atoms with E-state index in [4.69, 9.17) is 4.74 Å². The molecule has 0 bridgehead atoms. The van der Waals surface area contributed by atoms with Crippen molar-refractivity contribution in [3.63, 3.8) is 0 Å². The highest BCUT2D eigenvalue weighted by atomic mass is 16.5. The van der Waals surface area contributed by atoms with E-state index >= 15 is 0 Å². The number of hydrogen-bond donors (Lipinski definition) is 1. The Labute approximate surface area is 89.4 Å². The van der Waals surface area contributed by atoms with Gasteiger partial charge < -0.3 is 10.1 Å². The van der Waals surface area contributed by atoms with Crippen molar-refractivity contribution in [1.29, 1.82) is 0 Å². The molecule has 0 radical (unpaired) electrons. The van der Waals surface area contributed by atoms with E-state index in [2.05, 4.69) is 39.9 Å². The topological polar surface area (TPSA) is 21.3 Å². The summed E-state index contributed by atoms with van der Waals surface area (Å²) in [5.41, 5.74) is 0. The summed E-state index contributed by atoms with van der Waals surface area (Å²) in [6.07, 6.45) is 2.72. The normalized spacial score (nSPS) is 15.9. The van der Waals surface area contributed by atoms with Crippen molar-refractivity contribution < 1.29 is 4.74 Å². The molecule has 2 atom stereocenters. The minimum Gasteiger partial charge on any atom is -0.379 e. The van der Waals surface area contributed by atoms with Gasteiger partial charge in [-0.25, -0.2) is 0 Å². The minimum atomic E-state index is 0.362. The summed E-state index contributed by atoms with van der Waals surface area (Å²) in [5.74, 6) is 0.707. The van der Waals surface area contributed by atoms with E-state index in [1.165, 1.54) is 6.42 Å². The average Bonchev–Trinajstić information content (AvgIpc) is 2.13. The maximum atomic E-state index is 5.56. The fourth-order valence-electron chi connectivity index (χ4n) is 1.70. The van der Waals surface area contributed by atoms with Crippen molar-refractivity contribution in [2.45, 2.75) is 59.6 Å². The molecule has 0 aliphatic rings. The first kappa shape index (κ1) is 13.9. The Bertz CT molecular complexity index is 125. The van der Waals surface area contributed by atoms with Gasteiger partial charge in [-0.2, -0.15) is 0 Å². The van der Waals surface area contributed by atoms with Crippen molar-refractivity contribution in [2.24, 2.45) is 5.92 Å². The van der Waals surface area contributed by atoms with Crippen LogP contribution in [0.3, 0.4) is 0 Å². The van der Waals surface area contributed by atoms with Gasteiger partial charge in [-0.15, -0.1) is 0 Å². The van der Waals surface area contributed by atoms with Crippen LogP contribution in [0.15, 0.2) is 0 Å². The van der Waals surface area contributed by atoms with E-state index in [0.29, 0.717) is 18.1 Å². The Hall–Kier alpha value is -0.0800. The molecule has 0 aromatic heterocycles. The summed E-state index contributed by atoms with van der Waals surface area (Å²) in [6, 6.07) is 0.649. The molecule has 0 saturated heterocycles. The van der Waals surface area contributed by atoms with Gasteiger partial charge in [0.05, 0.1) is 6.10 Å². The lowest BCUT2D eigenvalue weighted by Gasteiger charge is -2.23. The van der Waals surface area contributed by atoms with E-state index in [1.807, 2.05) is 0 Å². The zero-order valence-corrected chi connectivity index (χ0v) is 10.5. The van der Waals surface area contributed by atoms with Crippen LogP contribution >= 0.6 is 0 Å². The zero-order valence-electron chi connectivity index (χ0n) is 10.5. The maximum Gasteiger partial charge on any atom is 0.0518 e. The van der Waals surface area contributed by atoms with Crippen LogP contribution < -0.4 is 5.32 Å². The molecule has 14 heavy (non-hydrogen) atoms. The SMILES string of the molecule is CCNC(CC)C(C)CCOC(C)C. The van der Waals surface area contributed by atoms with Gasteiger partial charge in [-0.1, -0.05) is 20.8 Å². The van der Waals surface area contributed by atoms with E-state index in [1.54, 1.807) is 0 Å². The summed E-state index contributed by atoms with van der Waals surface area (Å²) < 4.78 is 5.56. The van der Waals surface area contributed by atoms with Crippen LogP contribution in [0.4, 0.5) is 0 Å². The predicted molar refractivity (Wildman–Crippen MR) is 62.6 cm³/mol. The molecule has 0 aromatic carbocycles. The smallest absolute Gasteiger partial charge is 0.0518 e. The summed E-state index contributed by atoms with van der Waals surface area (Å²) in [5, 5.41) is 3.51. The van der Waals surface area contributed by atoms with Crippen molar-refractivity contribution in [3.8, 4) is 0 Å². The zero-order chi connectivity index (χ0) is 11.0. The number of rotatable bonds is 8. The summed E-state index contributed by atoms with van der Waals surface area (Å²) in [6.45, 7) is 12.8. The number of hydrogen-bond acceptors (Lipinski definition) is 2. The van der Waals surface area contributed by atoms with Crippen LogP contribution in [0.5, 0.6) is 0 Å². The van der Waals surface area contributed by atoms with Gasteiger partial charge in [0.2, 0.25) is 0 Å². The molecule has 0 aliphatic carbocycles. The van der Waals surface area contributed by atoms with Crippen molar-refractivity contribution >= 4 is 0 Å². The first-order valence-electron chi connectivity index (χ1n) is 5.96. The molecule has 0 saturated carbocycles. The molecule has 0 aromatic rings. The Morgan fingerprint density at radius 2 is 1.79 bits per heavy atom. The van der Waals surface area contributed by atoms with Crippen molar-refractivity contribution in [1.82, 2.24) is 5.32 Å².